The van der Waals surface area contributed by atoms with Crippen molar-refractivity contribution in [2.75, 3.05) is 26.2 Å². The highest BCUT2D eigenvalue weighted by Gasteiger charge is 2.57. The maximum absolute atomic E-state index is 15.6. The van der Waals surface area contributed by atoms with Gasteiger partial charge in [0.05, 0.1) is 18.5 Å². The van der Waals surface area contributed by atoms with Crippen molar-refractivity contribution in [2.45, 2.75) is 36.8 Å². The minimum atomic E-state index is -3.62. The molecule has 2 fully saturated rings. The number of nitrogens with one attached hydrogen (secondary N) is 1. The molecule has 0 aliphatic carbocycles. The van der Waals surface area contributed by atoms with Gasteiger partial charge in [-0.15, -0.1) is 0 Å². The van der Waals surface area contributed by atoms with Gasteiger partial charge in [-0.05, 0) is 36.7 Å². The molecule has 3 unspecified atom stereocenters. The Balaban J connectivity index is 1.21. The lowest BCUT2D eigenvalue weighted by molar-refractivity contribution is -0.223. The summed E-state index contributed by atoms with van der Waals surface area (Å²) in [4.78, 5) is 32.3. The number of fused-ring (bicyclic) bond motifs is 1. The van der Waals surface area contributed by atoms with Crippen LogP contribution in [0.1, 0.15) is 24.3 Å². The van der Waals surface area contributed by atoms with Crippen molar-refractivity contribution in [1.82, 2.24) is 24.3 Å². The van der Waals surface area contributed by atoms with Crippen LogP contribution in [0.15, 0.2) is 84.0 Å². The molecule has 0 bridgehead atoms. The molecule has 3 atom stereocenters. The third kappa shape index (κ3) is 4.61. The highest BCUT2D eigenvalue weighted by atomic mass is 19.3. The van der Waals surface area contributed by atoms with Crippen molar-refractivity contribution in [3.63, 3.8) is 0 Å². The second-order valence-electron chi connectivity index (χ2n) is 10.8. The average molecular weight is 548 g/mol. The summed E-state index contributed by atoms with van der Waals surface area (Å²) in [6.07, 6.45) is 3.10. The summed E-state index contributed by atoms with van der Waals surface area (Å²) in [6.45, 7) is -0.314. The Morgan fingerprint density at radius 3 is 2.52 bits per heavy atom. The zero-order valence-corrected chi connectivity index (χ0v) is 21.9. The van der Waals surface area contributed by atoms with E-state index in [0.29, 0.717) is 25.2 Å². The average Bonchev–Trinajstić information content (AvgIpc) is 3.42. The molecule has 2 aliphatic heterocycles. The van der Waals surface area contributed by atoms with Crippen LogP contribution in [0, 0.1) is 5.92 Å². The molecule has 208 valence electrons. The molecule has 4 heterocycles. The Morgan fingerprint density at radius 2 is 1.80 bits per heavy atom. The van der Waals surface area contributed by atoms with Crippen LogP contribution in [0.2, 0.25) is 0 Å². The number of rotatable bonds is 5. The zero-order chi connectivity index (χ0) is 27.9. The van der Waals surface area contributed by atoms with E-state index in [2.05, 4.69) is 10.3 Å². The topological polar surface area (TPSA) is 92.4 Å². The van der Waals surface area contributed by atoms with E-state index in [-0.39, 0.29) is 30.2 Å². The molecule has 0 spiro atoms. The van der Waals surface area contributed by atoms with E-state index < -0.39 is 36.1 Å². The van der Waals surface area contributed by atoms with Gasteiger partial charge in [-0.2, -0.15) is 0 Å². The van der Waals surface area contributed by atoms with Crippen molar-refractivity contribution in [1.29, 1.82) is 0 Å². The summed E-state index contributed by atoms with van der Waals surface area (Å²) < 4.78 is 34.0. The van der Waals surface area contributed by atoms with Crippen LogP contribution in [0.5, 0.6) is 0 Å². The number of hydrogen-bond acceptors (Lipinski definition) is 5. The molecule has 4 aromatic rings. The first kappa shape index (κ1) is 26.3. The van der Waals surface area contributed by atoms with Crippen LogP contribution in [0.25, 0.3) is 16.7 Å². The predicted molar refractivity (Wildman–Crippen MR) is 147 cm³/mol. The summed E-state index contributed by atoms with van der Waals surface area (Å²) in [6, 6.07) is 20.6. The molecule has 1 amide bonds. The number of benzene rings is 2. The monoisotopic (exact) mass is 547 g/mol. The number of hydrogen-bond donors (Lipinski definition) is 2. The molecule has 0 saturated carbocycles. The van der Waals surface area contributed by atoms with Crippen molar-refractivity contribution < 1.29 is 18.7 Å². The predicted octanol–water partition coefficient (Wildman–Crippen LogP) is 3.18. The maximum atomic E-state index is 15.6. The number of nitrogens with zero attached hydrogens (tertiary/aromatic N) is 4. The number of likely N-dealkylation sites (tertiary alicyclic amines) is 1. The normalized spacial score (nSPS) is 24.7. The van der Waals surface area contributed by atoms with Crippen LogP contribution in [-0.4, -0.2) is 67.7 Å². The van der Waals surface area contributed by atoms with Gasteiger partial charge in [0.25, 0.3) is 11.5 Å². The number of aromatic nitrogens is 3. The van der Waals surface area contributed by atoms with Crippen LogP contribution >= 0.6 is 0 Å². The van der Waals surface area contributed by atoms with Gasteiger partial charge >= 0.3 is 0 Å². The Bertz CT molecular complexity index is 1570. The van der Waals surface area contributed by atoms with E-state index in [1.807, 2.05) is 60.7 Å². The highest BCUT2D eigenvalue weighted by Crippen LogP contribution is 2.40. The van der Waals surface area contributed by atoms with Crippen molar-refractivity contribution in [3.05, 3.63) is 95.2 Å². The molecular formula is C30H31F2N5O3. The molecule has 2 saturated heterocycles. The fourth-order valence-corrected chi connectivity index (χ4v) is 6.04. The fraction of sp³-hybridized carbons (Fsp3) is 0.367. The Labute approximate surface area is 229 Å². The largest absolute Gasteiger partial charge is 0.382 e. The SMILES string of the molecule is O=C(C1CCNCC1c1ccccc1)N1CCC(O)(Cn2cnc3c(ccn3-c3ccccc3)c2=O)C(F)(F)C1. The first-order chi connectivity index (χ1) is 19.3. The highest BCUT2D eigenvalue weighted by molar-refractivity contribution is 5.80. The van der Waals surface area contributed by atoms with E-state index >= 15 is 8.78 Å². The smallest absolute Gasteiger partial charge is 0.295 e. The number of amides is 1. The van der Waals surface area contributed by atoms with Gasteiger partial charge in [-0.3, -0.25) is 14.2 Å². The van der Waals surface area contributed by atoms with Gasteiger partial charge in [0.2, 0.25) is 5.91 Å². The van der Waals surface area contributed by atoms with Gasteiger partial charge in [0.1, 0.15) is 11.9 Å². The second-order valence-corrected chi connectivity index (χ2v) is 10.8. The van der Waals surface area contributed by atoms with Crippen LogP contribution in [0.3, 0.4) is 0 Å². The van der Waals surface area contributed by atoms with E-state index in [4.69, 9.17) is 0 Å². The summed E-state index contributed by atoms with van der Waals surface area (Å²) in [7, 11) is 0. The molecule has 2 aromatic carbocycles. The number of alkyl halides is 2. The van der Waals surface area contributed by atoms with E-state index in [1.54, 1.807) is 16.8 Å². The number of carbonyl (C=O) groups excluding carboxylic acids is 1. The molecule has 2 aliphatic rings. The van der Waals surface area contributed by atoms with Gasteiger partial charge in [-0.25, -0.2) is 13.8 Å². The molecule has 8 nitrogen and oxygen atoms in total. The number of halogens is 2. The van der Waals surface area contributed by atoms with Crippen molar-refractivity contribution >= 4 is 16.9 Å². The molecule has 0 radical (unpaired) electrons. The maximum Gasteiger partial charge on any atom is 0.295 e. The number of carbonyl (C=O) groups is 1. The third-order valence-corrected chi connectivity index (χ3v) is 8.34. The van der Waals surface area contributed by atoms with Gasteiger partial charge in [0, 0.05) is 43.2 Å². The standard InChI is InChI=1S/C30H31F2N5O3/c31-30(32)19-35(27(38)23-11-14-33-17-25(23)21-7-3-1-4-8-21)16-13-29(30,40)18-36-20-34-26-24(28(36)39)12-15-37(26)22-9-5-2-6-10-22/h1-10,12,15,20,23,25,33,40H,11,13-14,16-19H2. The number of para-hydroxylation sites is 1. The number of piperidine rings is 2. The van der Waals surface area contributed by atoms with Crippen molar-refractivity contribution in [2.24, 2.45) is 5.92 Å². The Kier molecular flexibility index (Phi) is 6.75. The lowest BCUT2D eigenvalue weighted by Crippen LogP contribution is -2.64. The second kappa shape index (κ2) is 10.3. The van der Waals surface area contributed by atoms with Crippen molar-refractivity contribution in [3.8, 4) is 5.69 Å². The number of aliphatic hydroxyl groups is 1. The summed E-state index contributed by atoms with van der Waals surface area (Å²) in [5.74, 6) is -4.48. The fourth-order valence-electron chi connectivity index (χ4n) is 6.04. The van der Waals surface area contributed by atoms with E-state index in [1.165, 1.54) is 11.2 Å². The first-order valence-corrected chi connectivity index (χ1v) is 13.5. The molecule has 10 heteroatoms. The summed E-state index contributed by atoms with van der Waals surface area (Å²) in [5, 5.41) is 14.8. The lowest BCUT2D eigenvalue weighted by Gasteiger charge is -2.46. The van der Waals surface area contributed by atoms with Gasteiger partial charge in [-0.1, -0.05) is 48.5 Å². The Morgan fingerprint density at radius 1 is 1.07 bits per heavy atom. The van der Waals surface area contributed by atoms with Crippen LogP contribution < -0.4 is 10.9 Å². The molecule has 2 N–H and O–H groups in total. The third-order valence-electron chi connectivity index (χ3n) is 8.34. The molecule has 2 aromatic heterocycles. The zero-order valence-electron chi connectivity index (χ0n) is 21.9. The van der Waals surface area contributed by atoms with E-state index in [9.17, 15) is 14.7 Å². The Hall–Kier alpha value is -3.89. The van der Waals surface area contributed by atoms with Crippen LogP contribution in [0.4, 0.5) is 8.78 Å². The van der Waals surface area contributed by atoms with Gasteiger partial charge < -0.3 is 19.9 Å². The minimum Gasteiger partial charge on any atom is -0.382 e. The van der Waals surface area contributed by atoms with E-state index in [0.717, 1.165) is 15.8 Å². The quantitative estimate of drug-likeness (QED) is 0.401. The van der Waals surface area contributed by atoms with Gasteiger partial charge in [0.15, 0.2) is 5.65 Å². The lowest BCUT2D eigenvalue weighted by atomic mass is 9.79. The minimum absolute atomic E-state index is 0.0226. The first-order valence-electron chi connectivity index (χ1n) is 13.5. The molecular weight excluding hydrogens is 516 g/mol. The molecule has 40 heavy (non-hydrogen) atoms. The summed E-state index contributed by atoms with van der Waals surface area (Å²) in [5.41, 5.74) is -0.800. The summed E-state index contributed by atoms with van der Waals surface area (Å²) >= 11 is 0. The molecule has 6 rings (SSSR count). The van der Waals surface area contributed by atoms with Crippen LogP contribution in [-0.2, 0) is 11.3 Å².